The molecule has 112 valence electrons. The number of rotatable bonds is 6. The lowest BCUT2D eigenvalue weighted by Crippen LogP contribution is -2.07. The van der Waals surface area contributed by atoms with Gasteiger partial charge in [0.2, 0.25) is 0 Å². The van der Waals surface area contributed by atoms with E-state index in [9.17, 15) is 0 Å². The minimum atomic E-state index is 0.745. The Labute approximate surface area is 131 Å². The summed E-state index contributed by atoms with van der Waals surface area (Å²) in [5.74, 6) is 2.45. The summed E-state index contributed by atoms with van der Waals surface area (Å²) in [6.07, 6.45) is 1.85. The Morgan fingerprint density at radius 1 is 1.14 bits per heavy atom. The molecule has 4 nitrogen and oxygen atoms in total. The number of nitrogens with one attached hydrogen (secondary N) is 2. The SMILES string of the molecule is CCCNc1cc(Nc2cccc(Cl)c2C)nc(CC)n1. The first-order chi connectivity index (χ1) is 10.1. The summed E-state index contributed by atoms with van der Waals surface area (Å²) in [4.78, 5) is 9.00. The molecule has 2 rings (SSSR count). The highest BCUT2D eigenvalue weighted by Crippen LogP contribution is 2.26. The fourth-order valence-electron chi connectivity index (χ4n) is 1.94. The maximum atomic E-state index is 6.15. The number of benzene rings is 1. The Morgan fingerprint density at radius 3 is 2.62 bits per heavy atom. The van der Waals surface area contributed by atoms with Gasteiger partial charge in [-0.2, -0.15) is 0 Å². The molecule has 0 amide bonds. The van der Waals surface area contributed by atoms with Gasteiger partial charge in [-0.25, -0.2) is 9.97 Å². The van der Waals surface area contributed by atoms with Crippen LogP contribution in [0.5, 0.6) is 0 Å². The molecule has 1 aromatic carbocycles. The zero-order valence-electron chi connectivity index (χ0n) is 12.7. The van der Waals surface area contributed by atoms with Crippen LogP contribution in [-0.2, 0) is 6.42 Å². The first-order valence-electron chi connectivity index (χ1n) is 7.28. The highest BCUT2D eigenvalue weighted by Gasteiger charge is 2.06. The van der Waals surface area contributed by atoms with Crippen LogP contribution in [-0.4, -0.2) is 16.5 Å². The topological polar surface area (TPSA) is 49.8 Å². The molecule has 0 radical (unpaired) electrons. The summed E-state index contributed by atoms with van der Waals surface area (Å²) >= 11 is 6.15. The third-order valence-electron chi connectivity index (χ3n) is 3.18. The summed E-state index contributed by atoms with van der Waals surface area (Å²) in [7, 11) is 0. The monoisotopic (exact) mass is 304 g/mol. The van der Waals surface area contributed by atoms with Crippen molar-refractivity contribution in [1.82, 2.24) is 9.97 Å². The lowest BCUT2D eigenvalue weighted by atomic mass is 10.2. The van der Waals surface area contributed by atoms with E-state index >= 15 is 0 Å². The van der Waals surface area contributed by atoms with Crippen molar-refractivity contribution in [3.05, 3.63) is 40.7 Å². The molecular weight excluding hydrogens is 284 g/mol. The minimum Gasteiger partial charge on any atom is -0.370 e. The molecule has 0 aliphatic carbocycles. The standard InChI is InChI=1S/C16H21ClN4/c1-4-9-18-15-10-16(21-14(5-2)20-15)19-13-8-6-7-12(17)11(13)3/h6-8,10H,4-5,9H2,1-3H3,(H2,18,19,20,21). The van der Waals surface area contributed by atoms with Gasteiger partial charge in [-0.3, -0.25) is 0 Å². The fourth-order valence-corrected chi connectivity index (χ4v) is 2.12. The quantitative estimate of drug-likeness (QED) is 0.821. The Morgan fingerprint density at radius 2 is 1.90 bits per heavy atom. The summed E-state index contributed by atoms with van der Waals surface area (Å²) in [5, 5.41) is 7.38. The number of halogens is 1. The van der Waals surface area contributed by atoms with Crippen molar-refractivity contribution >= 4 is 28.9 Å². The van der Waals surface area contributed by atoms with Gasteiger partial charge in [0.1, 0.15) is 17.5 Å². The van der Waals surface area contributed by atoms with Crippen molar-refractivity contribution in [2.45, 2.75) is 33.6 Å². The van der Waals surface area contributed by atoms with E-state index in [1.807, 2.05) is 38.1 Å². The van der Waals surface area contributed by atoms with Crippen LogP contribution in [0.1, 0.15) is 31.7 Å². The maximum absolute atomic E-state index is 6.15. The normalized spacial score (nSPS) is 10.5. The first-order valence-corrected chi connectivity index (χ1v) is 7.65. The van der Waals surface area contributed by atoms with Gasteiger partial charge in [0.25, 0.3) is 0 Å². The van der Waals surface area contributed by atoms with E-state index in [2.05, 4.69) is 27.5 Å². The average molecular weight is 305 g/mol. The smallest absolute Gasteiger partial charge is 0.136 e. The molecule has 21 heavy (non-hydrogen) atoms. The van der Waals surface area contributed by atoms with Gasteiger partial charge in [-0.1, -0.05) is 31.5 Å². The molecule has 0 atom stereocenters. The lowest BCUT2D eigenvalue weighted by Gasteiger charge is -2.12. The van der Waals surface area contributed by atoms with Crippen LogP contribution in [0.4, 0.5) is 17.3 Å². The van der Waals surface area contributed by atoms with Crippen LogP contribution < -0.4 is 10.6 Å². The molecule has 0 unspecified atom stereocenters. The van der Waals surface area contributed by atoms with Crippen molar-refractivity contribution in [1.29, 1.82) is 0 Å². The molecule has 1 aromatic heterocycles. The lowest BCUT2D eigenvalue weighted by molar-refractivity contribution is 0.919. The summed E-state index contributed by atoms with van der Waals surface area (Å²) in [6.45, 7) is 7.06. The average Bonchev–Trinajstić information content (AvgIpc) is 2.49. The zero-order chi connectivity index (χ0) is 15.2. The summed E-state index contributed by atoms with van der Waals surface area (Å²) in [6, 6.07) is 7.73. The molecule has 2 N–H and O–H groups in total. The third kappa shape index (κ3) is 4.08. The van der Waals surface area contributed by atoms with E-state index in [0.717, 1.165) is 53.1 Å². The first kappa shape index (κ1) is 15.6. The van der Waals surface area contributed by atoms with Crippen molar-refractivity contribution in [2.24, 2.45) is 0 Å². The zero-order valence-corrected chi connectivity index (χ0v) is 13.5. The van der Waals surface area contributed by atoms with Gasteiger partial charge in [0.05, 0.1) is 0 Å². The second-order valence-corrected chi connectivity index (χ2v) is 5.28. The fraction of sp³-hybridized carbons (Fsp3) is 0.375. The summed E-state index contributed by atoms with van der Waals surface area (Å²) in [5.41, 5.74) is 1.98. The second kappa shape index (κ2) is 7.27. The van der Waals surface area contributed by atoms with E-state index in [-0.39, 0.29) is 0 Å². The van der Waals surface area contributed by atoms with Gasteiger partial charge < -0.3 is 10.6 Å². The van der Waals surface area contributed by atoms with Crippen molar-refractivity contribution in [3.63, 3.8) is 0 Å². The molecule has 0 fully saturated rings. The predicted octanol–water partition coefficient (Wildman–Crippen LogP) is 4.57. The van der Waals surface area contributed by atoms with Gasteiger partial charge in [0.15, 0.2) is 0 Å². The minimum absolute atomic E-state index is 0.745. The Bertz CT molecular complexity index is 613. The number of hydrogen-bond acceptors (Lipinski definition) is 4. The van der Waals surface area contributed by atoms with Crippen LogP contribution in [0.15, 0.2) is 24.3 Å². The molecule has 0 saturated carbocycles. The molecule has 2 aromatic rings. The highest BCUT2D eigenvalue weighted by molar-refractivity contribution is 6.31. The Hall–Kier alpha value is -1.81. The number of aromatic nitrogens is 2. The second-order valence-electron chi connectivity index (χ2n) is 4.87. The number of anilines is 3. The number of hydrogen-bond donors (Lipinski definition) is 2. The Balaban J connectivity index is 2.28. The van der Waals surface area contributed by atoms with Crippen LogP contribution in [0.3, 0.4) is 0 Å². The van der Waals surface area contributed by atoms with Gasteiger partial charge >= 0.3 is 0 Å². The van der Waals surface area contributed by atoms with Crippen LogP contribution in [0.25, 0.3) is 0 Å². The van der Waals surface area contributed by atoms with Crippen LogP contribution in [0.2, 0.25) is 5.02 Å². The van der Waals surface area contributed by atoms with E-state index in [1.165, 1.54) is 0 Å². The molecule has 0 aliphatic heterocycles. The van der Waals surface area contributed by atoms with Gasteiger partial charge in [-0.15, -0.1) is 0 Å². The molecule has 0 bridgehead atoms. The third-order valence-corrected chi connectivity index (χ3v) is 3.58. The van der Waals surface area contributed by atoms with Crippen LogP contribution in [0, 0.1) is 6.92 Å². The van der Waals surface area contributed by atoms with E-state index < -0.39 is 0 Å². The molecular formula is C16H21ClN4. The molecule has 0 spiro atoms. The largest absolute Gasteiger partial charge is 0.370 e. The van der Waals surface area contributed by atoms with E-state index in [4.69, 9.17) is 11.6 Å². The highest BCUT2D eigenvalue weighted by atomic mass is 35.5. The van der Waals surface area contributed by atoms with E-state index in [0.29, 0.717) is 0 Å². The molecule has 1 heterocycles. The summed E-state index contributed by atoms with van der Waals surface area (Å²) < 4.78 is 0. The molecule has 5 heteroatoms. The van der Waals surface area contributed by atoms with Crippen molar-refractivity contribution < 1.29 is 0 Å². The van der Waals surface area contributed by atoms with Crippen molar-refractivity contribution in [3.8, 4) is 0 Å². The predicted molar refractivity (Wildman–Crippen MR) is 89.7 cm³/mol. The Kier molecular flexibility index (Phi) is 5.39. The van der Waals surface area contributed by atoms with E-state index in [1.54, 1.807) is 0 Å². The number of nitrogens with zero attached hydrogens (tertiary/aromatic N) is 2. The molecule has 0 saturated heterocycles. The van der Waals surface area contributed by atoms with Gasteiger partial charge in [0, 0.05) is 29.7 Å². The number of aryl methyl sites for hydroxylation is 1. The molecule has 0 aliphatic rings. The van der Waals surface area contributed by atoms with Gasteiger partial charge in [-0.05, 0) is 31.0 Å². The van der Waals surface area contributed by atoms with Crippen LogP contribution >= 0.6 is 11.6 Å². The maximum Gasteiger partial charge on any atom is 0.136 e. The van der Waals surface area contributed by atoms with Crippen molar-refractivity contribution in [2.75, 3.05) is 17.2 Å².